The number of guanidine groups is 1. The number of unbranched alkanes of at least 4 members (excludes halogenated alkanes) is 1. The Bertz CT molecular complexity index is 2100. The lowest BCUT2D eigenvalue weighted by atomic mass is 9.58. The van der Waals surface area contributed by atoms with Gasteiger partial charge in [0.05, 0.1) is 19.3 Å². The number of hydrogen-bond donors (Lipinski definition) is 7. The fraction of sp³-hybridized carbons (Fsp3) is 0.562. The van der Waals surface area contributed by atoms with Crippen LogP contribution in [0.2, 0.25) is 0 Å². The molecule has 2 saturated carbocycles. The highest BCUT2D eigenvalue weighted by Gasteiger charge is 2.51. The number of nitrogens with zero attached hydrogens (tertiary/aromatic N) is 1. The smallest absolute Gasteiger partial charge is 0.185 e. The van der Waals surface area contributed by atoms with Gasteiger partial charge in [-0.15, -0.1) is 0 Å². The predicted octanol–water partition coefficient (Wildman–Crippen LogP) is 6.25. The van der Waals surface area contributed by atoms with Crippen molar-refractivity contribution in [3.05, 3.63) is 64.7 Å². The van der Waals surface area contributed by atoms with Crippen molar-refractivity contribution in [3.8, 4) is 29.1 Å². The van der Waals surface area contributed by atoms with E-state index in [0.29, 0.717) is 80.0 Å². The van der Waals surface area contributed by atoms with Gasteiger partial charge in [-0.05, 0) is 145 Å². The van der Waals surface area contributed by atoms with Crippen LogP contribution < -0.4 is 21.5 Å². The zero-order chi connectivity index (χ0) is 41.7. The Kier molecular flexibility index (Phi) is 13.5. The second kappa shape index (κ2) is 18.7. The van der Waals surface area contributed by atoms with E-state index in [1.165, 1.54) is 39.2 Å². The molecule has 11 nitrogen and oxygen atoms in total. The monoisotopic (exact) mass is 806 g/mol. The molecule has 1 saturated heterocycles. The van der Waals surface area contributed by atoms with Gasteiger partial charge in [-0.2, -0.15) is 0 Å². The summed E-state index contributed by atoms with van der Waals surface area (Å²) in [5, 5.41) is 49.7. The molecule has 3 fully saturated rings. The number of benzene rings is 3. The van der Waals surface area contributed by atoms with Crippen molar-refractivity contribution in [3.63, 3.8) is 0 Å². The summed E-state index contributed by atoms with van der Waals surface area (Å²) in [6.45, 7) is 1.28. The van der Waals surface area contributed by atoms with E-state index in [1.807, 2.05) is 18.2 Å². The maximum Gasteiger partial charge on any atom is 0.185 e. The van der Waals surface area contributed by atoms with Gasteiger partial charge in [0.2, 0.25) is 0 Å². The van der Waals surface area contributed by atoms with Gasteiger partial charge in [0, 0.05) is 37.8 Å². The zero-order valence-corrected chi connectivity index (χ0v) is 34.4. The minimum atomic E-state index is -0.903. The van der Waals surface area contributed by atoms with Crippen LogP contribution in [-0.4, -0.2) is 70.3 Å². The molecule has 7 atom stereocenters. The van der Waals surface area contributed by atoms with E-state index in [0.717, 1.165) is 59.7 Å². The van der Waals surface area contributed by atoms with Crippen LogP contribution in [0.5, 0.6) is 17.2 Å². The third kappa shape index (κ3) is 9.88. The number of aliphatic imine (C=N–C) groups is 1. The molecule has 0 aromatic heterocycles. The number of piperidine rings is 1. The van der Waals surface area contributed by atoms with Gasteiger partial charge in [0.15, 0.2) is 23.2 Å². The zero-order valence-electron chi connectivity index (χ0n) is 34.4. The van der Waals surface area contributed by atoms with Crippen molar-refractivity contribution in [2.24, 2.45) is 39.6 Å². The number of nitrogens with one attached hydrogen (secondary N) is 1. The number of phenolic OH excluding ortho intramolecular Hbond substituents is 2. The lowest BCUT2D eigenvalue weighted by molar-refractivity contribution is -0.129. The van der Waals surface area contributed by atoms with Crippen molar-refractivity contribution in [1.29, 1.82) is 0 Å². The summed E-state index contributed by atoms with van der Waals surface area (Å²) in [4.78, 5) is 30.5. The number of ketones is 2. The van der Waals surface area contributed by atoms with E-state index in [2.05, 4.69) is 22.2 Å². The largest absolute Gasteiger partial charge is 0.508 e. The summed E-state index contributed by atoms with van der Waals surface area (Å²) in [5.41, 5.74) is 14.5. The number of methoxy groups -OCH3 is 1. The molecular formula is C48H62N4O7. The Morgan fingerprint density at radius 3 is 2.59 bits per heavy atom. The first-order valence-electron chi connectivity index (χ1n) is 21.8. The van der Waals surface area contributed by atoms with Gasteiger partial charge in [0.25, 0.3) is 0 Å². The number of hydrogen-bond acceptors (Lipinski definition) is 9. The number of phenols is 2. The molecular weight excluding hydrogens is 745 g/mol. The van der Waals surface area contributed by atoms with E-state index in [-0.39, 0.29) is 35.1 Å². The number of aliphatic hydroxyl groups excluding tert-OH is 2. The minimum Gasteiger partial charge on any atom is -0.508 e. The third-order valence-corrected chi connectivity index (χ3v) is 13.9. The van der Waals surface area contributed by atoms with Crippen molar-refractivity contribution >= 4 is 28.3 Å². The summed E-state index contributed by atoms with van der Waals surface area (Å²) in [6, 6.07) is 12.7. The molecule has 4 aliphatic rings. The molecule has 3 aliphatic carbocycles. The van der Waals surface area contributed by atoms with E-state index >= 15 is 0 Å². The highest BCUT2D eigenvalue weighted by molar-refractivity contribution is 5.88. The maximum absolute atomic E-state index is 13.7. The average Bonchev–Trinajstić information content (AvgIpc) is 3.69. The standard InChI is InChI=1S/C48H62N4O7/c1-59-46-23-32-11-15-44(57)37(43(56)7-3-2-6-29-20-40-41(52-28-29)25-36(54)27-48(40)17-4-5-18-48)13-9-30(39(32)26-45(46)58)10-14-42(55)34-21-31-8-12-35(53)24-38(31)33(22-34)16-19-51-47(49)50/h8,12,21-24,26,29-30,37,40-43,52-53,55-56,58H,2-7,10-11,14-20,25,27-28H2,1H3,(H4,49,50,51). The van der Waals surface area contributed by atoms with Gasteiger partial charge in [-0.1, -0.05) is 49.7 Å². The quantitative estimate of drug-likeness (QED) is 0.0423. The van der Waals surface area contributed by atoms with Gasteiger partial charge < -0.3 is 41.9 Å². The Balaban J connectivity index is 1.03. The minimum absolute atomic E-state index is 0.00727. The Hall–Kier alpha value is -4.63. The lowest BCUT2D eigenvalue weighted by Gasteiger charge is -2.50. The number of carbonyl (C=O) groups is 2. The highest BCUT2D eigenvalue weighted by Crippen LogP contribution is 2.54. The number of Topliss-reactive ketones (excluding diaryl/α,β-unsaturated/α-hetero) is 2. The van der Waals surface area contributed by atoms with Crippen LogP contribution in [0.1, 0.15) is 124 Å². The number of aromatic hydroxyl groups is 2. The van der Waals surface area contributed by atoms with Crippen LogP contribution in [0, 0.1) is 35.0 Å². The van der Waals surface area contributed by atoms with Crippen LogP contribution >= 0.6 is 0 Å². The fourth-order valence-electron chi connectivity index (χ4n) is 10.9. The first-order valence-corrected chi connectivity index (χ1v) is 21.8. The molecule has 7 rings (SSSR count). The Morgan fingerprint density at radius 1 is 1.00 bits per heavy atom. The summed E-state index contributed by atoms with van der Waals surface area (Å²) in [5.74, 6) is 7.13. The normalized spacial score (nSPS) is 24.8. The number of aliphatic hydroxyl groups is 2. The van der Waals surface area contributed by atoms with Crippen molar-refractivity contribution in [1.82, 2.24) is 5.32 Å². The first-order chi connectivity index (χ1) is 28.4. The van der Waals surface area contributed by atoms with Crippen LogP contribution in [0.3, 0.4) is 0 Å². The molecule has 1 heterocycles. The number of rotatable bonds is 14. The fourth-order valence-corrected chi connectivity index (χ4v) is 10.9. The number of fused-ring (bicyclic) bond motifs is 4. The second-order valence-corrected chi connectivity index (χ2v) is 17.8. The summed E-state index contributed by atoms with van der Waals surface area (Å²) >= 11 is 0. The highest BCUT2D eigenvalue weighted by atomic mass is 16.5. The molecule has 3 aromatic rings. The van der Waals surface area contributed by atoms with Crippen molar-refractivity contribution < 1.29 is 34.8 Å². The average molecular weight is 807 g/mol. The lowest BCUT2D eigenvalue weighted by Crippen LogP contribution is -2.55. The summed E-state index contributed by atoms with van der Waals surface area (Å²) in [7, 11) is 1.49. The number of nitrogens with two attached hydrogens (primary N) is 2. The topological polar surface area (TPSA) is 201 Å². The first kappa shape index (κ1) is 42.5. The molecule has 9 N–H and O–H groups in total. The van der Waals surface area contributed by atoms with E-state index in [9.17, 15) is 30.0 Å². The number of carbonyl (C=O) groups excluding carboxylic acids is 2. The molecule has 1 spiro atoms. The summed E-state index contributed by atoms with van der Waals surface area (Å²) in [6.07, 6.45) is 10.8. The molecule has 7 unspecified atom stereocenters. The van der Waals surface area contributed by atoms with E-state index in [4.69, 9.17) is 16.2 Å². The predicted molar refractivity (Wildman–Crippen MR) is 229 cm³/mol. The van der Waals surface area contributed by atoms with E-state index in [1.54, 1.807) is 24.3 Å². The van der Waals surface area contributed by atoms with Crippen LogP contribution in [0.15, 0.2) is 47.5 Å². The van der Waals surface area contributed by atoms with Gasteiger partial charge >= 0.3 is 0 Å². The molecule has 1 aliphatic heterocycles. The second-order valence-electron chi connectivity index (χ2n) is 17.8. The van der Waals surface area contributed by atoms with Crippen LogP contribution in [-0.2, 0) is 22.4 Å². The third-order valence-electron chi connectivity index (χ3n) is 13.9. The molecule has 316 valence electrons. The van der Waals surface area contributed by atoms with Crippen LogP contribution in [0.25, 0.3) is 10.8 Å². The van der Waals surface area contributed by atoms with Crippen LogP contribution in [0.4, 0.5) is 0 Å². The number of aryl methyl sites for hydroxylation is 1. The van der Waals surface area contributed by atoms with Crippen molar-refractivity contribution in [2.75, 3.05) is 20.2 Å². The van der Waals surface area contributed by atoms with E-state index < -0.39 is 24.0 Å². The molecule has 0 bridgehead atoms. The van der Waals surface area contributed by atoms with Gasteiger partial charge in [-0.3, -0.25) is 14.6 Å². The summed E-state index contributed by atoms with van der Waals surface area (Å²) < 4.78 is 5.43. The number of ether oxygens (including phenoxy) is 1. The molecule has 0 radical (unpaired) electrons. The maximum atomic E-state index is 13.7. The molecule has 11 heteroatoms. The Labute approximate surface area is 348 Å². The molecule has 0 amide bonds. The molecule has 59 heavy (non-hydrogen) atoms. The SMILES string of the molecule is COc1cc2c(cc1O)C(CCC(O)c1cc(CCN=C(N)N)c3cc(O)ccc3c1)C#CC(C(O)CCCCC1CNC3CC(=O)CC4(CCCC4)C3C1)C(=O)CC2. The molecule has 3 aromatic carbocycles. The van der Waals surface area contributed by atoms with Gasteiger partial charge in [0.1, 0.15) is 17.5 Å². The Morgan fingerprint density at radius 2 is 1.81 bits per heavy atom. The van der Waals surface area contributed by atoms with Crippen molar-refractivity contribution in [2.45, 2.75) is 127 Å². The van der Waals surface area contributed by atoms with Gasteiger partial charge in [-0.25, -0.2) is 0 Å².